The summed E-state index contributed by atoms with van der Waals surface area (Å²) in [6.07, 6.45) is 2.77. The minimum Gasteiger partial charge on any atom is -0.488 e. The molecule has 1 aromatic heterocycles. The van der Waals surface area contributed by atoms with Crippen LogP contribution in [0.4, 0.5) is 0 Å². The summed E-state index contributed by atoms with van der Waals surface area (Å²) in [6, 6.07) is 17.2. The Kier molecular flexibility index (Phi) is 15.2. The molecule has 0 aliphatic carbocycles. The predicted molar refractivity (Wildman–Crippen MR) is 160 cm³/mol. The van der Waals surface area contributed by atoms with Crippen molar-refractivity contribution in [1.82, 2.24) is 4.98 Å². The summed E-state index contributed by atoms with van der Waals surface area (Å²) in [5.74, 6) is 2.82. The molecule has 6 nitrogen and oxygen atoms in total. The van der Waals surface area contributed by atoms with Crippen molar-refractivity contribution in [3.63, 3.8) is 0 Å². The lowest BCUT2D eigenvalue weighted by Gasteiger charge is -2.16. The van der Waals surface area contributed by atoms with Crippen LogP contribution in [0.3, 0.4) is 0 Å². The van der Waals surface area contributed by atoms with E-state index in [2.05, 4.69) is 37.1 Å². The second-order valence-electron chi connectivity index (χ2n) is 9.76. The van der Waals surface area contributed by atoms with E-state index in [-0.39, 0.29) is 12.1 Å². The van der Waals surface area contributed by atoms with Gasteiger partial charge in [-0.25, -0.2) is 4.79 Å². The maximum atomic E-state index is 10.9. The average molecular weight is 536 g/mol. The summed E-state index contributed by atoms with van der Waals surface area (Å²) in [5.41, 5.74) is 4.48. The third-order valence-corrected chi connectivity index (χ3v) is 5.49. The van der Waals surface area contributed by atoms with Gasteiger partial charge in [0.2, 0.25) is 0 Å². The molecule has 212 valence electrons. The molecule has 2 aromatic carbocycles. The summed E-state index contributed by atoms with van der Waals surface area (Å²) < 4.78 is 21.5. The molecule has 0 spiro atoms. The Hall–Kier alpha value is -3.64. The highest BCUT2D eigenvalue weighted by Crippen LogP contribution is 2.30. The summed E-state index contributed by atoms with van der Waals surface area (Å²) >= 11 is 0. The molecule has 3 aromatic rings. The number of carbonyl (C=O) groups excluding carboxylic acids is 1. The van der Waals surface area contributed by atoms with Gasteiger partial charge in [-0.2, -0.15) is 0 Å². The van der Waals surface area contributed by atoms with Gasteiger partial charge in [0.1, 0.15) is 23.4 Å². The van der Waals surface area contributed by atoms with Crippen molar-refractivity contribution in [2.45, 2.75) is 61.0 Å². The van der Waals surface area contributed by atoms with Gasteiger partial charge >= 0.3 is 5.97 Å². The van der Waals surface area contributed by atoms with Crippen LogP contribution in [0.25, 0.3) is 5.57 Å². The van der Waals surface area contributed by atoms with Crippen LogP contribution in [0, 0.1) is 19.8 Å². The van der Waals surface area contributed by atoms with Gasteiger partial charge < -0.3 is 18.9 Å². The van der Waals surface area contributed by atoms with Crippen molar-refractivity contribution in [2.24, 2.45) is 5.92 Å². The summed E-state index contributed by atoms with van der Waals surface area (Å²) in [7, 11) is 3.01. The van der Waals surface area contributed by atoms with Crippen LogP contribution < -0.4 is 9.47 Å². The van der Waals surface area contributed by atoms with Crippen LogP contribution in [0.2, 0.25) is 0 Å². The van der Waals surface area contributed by atoms with E-state index in [9.17, 15) is 4.79 Å². The number of nitrogens with zero attached hydrogens (tertiary/aromatic N) is 1. The molecule has 0 fully saturated rings. The molecule has 0 aliphatic heterocycles. The number of ether oxygens (including phenoxy) is 4. The molecule has 0 bridgehead atoms. The van der Waals surface area contributed by atoms with Crippen molar-refractivity contribution in [2.75, 3.05) is 20.8 Å². The molecule has 0 saturated carbocycles. The topological polar surface area (TPSA) is 66.9 Å². The number of methoxy groups -OCH3 is 2. The molecule has 39 heavy (non-hydrogen) atoms. The zero-order chi connectivity index (χ0) is 29.4. The molecule has 0 radical (unpaired) electrons. The van der Waals surface area contributed by atoms with Crippen LogP contribution in [0.15, 0.2) is 67.4 Å². The highest BCUT2D eigenvalue weighted by atomic mass is 16.5. The van der Waals surface area contributed by atoms with Crippen molar-refractivity contribution in [3.8, 4) is 17.2 Å². The number of benzene rings is 2. The minimum absolute atomic E-state index is 0.0350. The zero-order valence-electron chi connectivity index (χ0n) is 25.0. The first-order valence-electron chi connectivity index (χ1n) is 13.2. The standard InChI is InChI=1S/C20H24O3.C8H9NO2.C5H12/c1-14(2)17-10-19(22-16(4)13-21-5)12-20(11-17)23-18-8-6-7-15(3)9-18;1-6-3-4-7(5-9-6)8(10)11-2;1-4-5(2)3/h6-12,16H,1,13H2,2-5H3;3-5H,1-2H3;5H,4H2,1-3H3. The fourth-order valence-corrected chi connectivity index (χ4v) is 2.97. The van der Waals surface area contributed by atoms with Gasteiger partial charge in [0, 0.05) is 25.1 Å². The smallest absolute Gasteiger partial charge is 0.339 e. The minimum atomic E-state index is -0.350. The average Bonchev–Trinajstić information content (AvgIpc) is 2.89. The fourth-order valence-electron chi connectivity index (χ4n) is 2.97. The second kappa shape index (κ2) is 17.8. The Labute approximate surface area is 235 Å². The van der Waals surface area contributed by atoms with E-state index in [0.29, 0.717) is 12.2 Å². The van der Waals surface area contributed by atoms with Gasteiger partial charge in [0.15, 0.2) is 0 Å². The second-order valence-corrected chi connectivity index (χ2v) is 9.76. The zero-order valence-corrected chi connectivity index (χ0v) is 25.0. The first-order valence-corrected chi connectivity index (χ1v) is 13.2. The maximum Gasteiger partial charge on any atom is 0.339 e. The Balaban J connectivity index is 0.000000392. The third-order valence-electron chi connectivity index (χ3n) is 5.49. The first kappa shape index (κ1) is 33.4. The number of esters is 1. The first-order chi connectivity index (χ1) is 18.5. The molecule has 3 rings (SSSR count). The van der Waals surface area contributed by atoms with E-state index < -0.39 is 0 Å². The number of carbonyl (C=O) groups is 1. The highest BCUT2D eigenvalue weighted by Gasteiger charge is 2.09. The number of aryl methyl sites for hydroxylation is 2. The van der Waals surface area contributed by atoms with Gasteiger partial charge in [-0.3, -0.25) is 4.98 Å². The summed E-state index contributed by atoms with van der Waals surface area (Å²) in [4.78, 5) is 14.8. The Morgan fingerprint density at radius 1 is 0.923 bits per heavy atom. The van der Waals surface area contributed by atoms with Crippen molar-refractivity contribution >= 4 is 11.5 Å². The molecule has 0 aliphatic rings. The van der Waals surface area contributed by atoms with Gasteiger partial charge in [-0.15, -0.1) is 0 Å². The van der Waals surface area contributed by atoms with Crippen molar-refractivity contribution in [1.29, 1.82) is 0 Å². The molecule has 0 N–H and O–H groups in total. The molecular weight excluding hydrogens is 490 g/mol. The molecule has 1 heterocycles. The van der Waals surface area contributed by atoms with Gasteiger partial charge in [0.05, 0.1) is 19.3 Å². The molecular formula is C33H45NO5. The van der Waals surface area contributed by atoms with Crippen LogP contribution in [-0.4, -0.2) is 37.9 Å². The van der Waals surface area contributed by atoms with Crippen LogP contribution >= 0.6 is 0 Å². The van der Waals surface area contributed by atoms with E-state index >= 15 is 0 Å². The predicted octanol–water partition coefficient (Wildman–Crippen LogP) is 8.46. The van der Waals surface area contributed by atoms with Crippen molar-refractivity contribution < 1.29 is 23.7 Å². The monoisotopic (exact) mass is 535 g/mol. The maximum absolute atomic E-state index is 10.9. The van der Waals surface area contributed by atoms with Gasteiger partial charge in [0.25, 0.3) is 0 Å². The largest absolute Gasteiger partial charge is 0.488 e. The Morgan fingerprint density at radius 3 is 2.10 bits per heavy atom. The van der Waals surface area contributed by atoms with E-state index in [1.165, 1.54) is 19.7 Å². The van der Waals surface area contributed by atoms with E-state index in [4.69, 9.17) is 14.2 Å². The van der Waals surface area contributed by atoms with Gasteiger partial charge in [-0.1, -0.05) is 51.5 Å². The lowest BCUT2D eigenvalue weighted by atomic mass is 10.1. The Bertz CT molecular complexity index is 1160. The van der Waals surface area contributed by atoms with Gasteiger partial charge in [-0.05, 0) is 81.1 Å². The fraction of sp³-hybridized carbons (Fsp3) is 0.394. The molecule has 0 amide bonds. The lowest BCUT2D eigenvalue weighted by Crippen LogP contribution is -2.18. The van der Waals surface area contributed by atoms with E-state index in [1.807, 2.05) is 70.2 Å². The molecule has 1 atom stereocenters. The lowest BCUT2D eigenvalue weighted by molar-refractivity contribution is 0.0600. The molecule has 1 unspecified atom stereocenters. The van der Waals surface area contributed by atoms with E-state index in [1.54, 1.807) is 19.2 Å². The number of aromatic nitrogens is 1. The normalized spacial score (nSPS) is 10.8. The van der Waals surface area contributed by atoms with Crippen LogP contribution in [-0.2, 0) is 9.47 Å². The SMILES string of the molecule is C=C(C)c1cc(Oc2cccc(C)c2)cc(OC(C)COC)c1.CCC(C)C.COC(=O)c1ccc(C)nc1. The highest BCUT2D eigenvalue weighted by molar-refractivity contribution is 5.88. The third kappa shape index (κ3) is 13.6. The summed E-state index contributed by atoms with van der Waals surface area (Å²) in [6.45, 7) is 19.0. The number of pyridine rings is 1. The van der Waals surface area contributed by atoms with E-state index in [0.717, 1.165) is 45.6 Å². The number of rotatable bonds is 9. The van der Waals surface area contributed by atoms with Crippen molar-refractivity contribution in [3.05, 3.63) is 89.8 Å². The van der Waals surface area contributed by atoms with Crippen LogP contribution in [0.1, 0.15) is 68.2 Å². The molecule has 6 heteroatoms. The summed E-state index contributed by atoms with van der Waals surface area (Å²) in [5, 5.41) is 0. The number of allylic oxidation sites excluding steroid dienone is 1. The Morgan fingerprint density at radius 2 is 1.59 bits per heavy atom. The quantitative estimate of drug-likeness (QED) is 0.256. The number of hydrogen-bond donors (Lipinski definition) is 0. The van der Waals surface area contributed by atoms with Crippen LogP contribution in [0.5, 0.6) is 17.2 Å². The molecule has 0 saturated heterocycles. The number of hydrogen-bond acceptors (Lipinski definition) is 6.